The molecule has 2 rings (SSSR count). The third-order valence-corrected chi connectivity index (χ3v) is 2.58. The van der Waals surface area contributed by atoms with E-state index in [1.807, 2.05) is 0 Å². The maximum Gasteiger partial charge on any atom is 0.387 e. The molecule has 0 aliphatic carbocycles. The summed E-state index contributed by atoms with van der Waals surface area (Å²) in [7, 11) is 0. The second kappa shape index (κ2) is 5.56. The number of hydrogen-bond acceptors (Lipinski definition) is 3. The number of carbonyl (C=O) groups excluding carboxylic acids is 1. The molecule has 0 saturated heterocycles. The van der Waals surface area contributed by atoms with Gasteiger partial charge in [-0.1, -0.05) is 12.1 Å². The van der Waals surface area contributed by atoms with Gasteiger partial charge in [0.05, 0.1) is 0 Å². The van der Waals surface area contributed by atoms with Gasteiger partial charge in [-0.15, -0.1) is 0 Å². The van der Waals surface area contributed by atoms with Crippen molar-refractivity contribution in [3.8, 4) is 5.75 Å². The van der Waals surface area contributed by atoms with E-state index in [9.17, 15) is 13.6 Å². The number of aryl methyl sites for hydroxylation is 1. The van der Waals surface area contributed by atoms with Gasteiger partial charge in [-0.2, -0.15) is 8.78 Å². The van der Waals surface area contributed by atoms with Gasteiger partial charge >= 0.3 is 6.61 Å². The van der Waals surface area contributed by atoms with Gasteiger partial charge in [0, 0.05) is 11.8 Å². The second-order valence-electron chi connectivity index (χ2n) is 3.90. The van der Waals surface area contributed by atoms with Crippen molar-refractivity contribution in [1.29, 1.82) is 0 Å². The molecule has 0 aliphatic heterocycles. The average Bonchev–Trinajstić information content (AvgIpc) is 2.40. The van der Waals surface area contributed by atoms with Crippen molar-refractivity contribution in [1.82, 2.24) is 4.98 Å². The lowest BCUT2D eigenvalue weighted by Gasteiger charge is -2.08. The number of ether oxygens (including phenoxy) is 1. The number of benzene rings is 1. The molecule has 2 aromatic rings. The van der Waals surface area contributed by atoms with Crippen LogP contribution in [-0.4, -0.2) is 17.4 Å². The van der Waals surface area contributed by atoms with Crippen LogP contribution in [0.1, 0.15) is 21.6 Å². The first-order valence-electron chi connectivity index (χ1n) is 5.59. The zero-order valence-electron chi connectivity index (χ0n) is 10.1. The topological polar surface area (TPSA) is 39.2 Å². The summed E-state index contributed by atoms with van der Waals surface area (Å²) < 4.78 is 28.6. The molecular formula is C14H11F2NO2. The fourth-order valence-electron chi connectivity index (χ4n) is 1.66. The SMILES string of the molecule is Cc1ccc(OC(F)F)cc1C(=O)c1ccccn1. The molecule has 19 heavy (non-hydrogen) atoms. The van der Waals surface area contributed by atoms with E-state index in [2.05, 4.69) is 9.72 Å². The summed E-state index contributed by atoms with van der Waals surface area (Å²) in [5.41, 5.74) is 1.24. The van der Waals surface area contributed by atoms with E-state index in [4.69, 9.17) is 0 Å². The maximum absolute atomic E-state index is 12.2. The van der Waals surface area contributed by atoms with Crippen molar-refractivity contribution in [3.05, 3.63) is 59.4 Å². The van der Waals surface area contributed by atoms with Crippen LogP contribution in [-0.2, 0) is 0 Å². The van der Waals surface area contributed by atoms with Gasteiger partial charge in [0.25, 0.3) is 0 Å². The Balaban J connectivity index is 2.36. The lowest BCUT2D eigenvalue weighted by atomic mass is 10.0. The molecule has 0 spiro atoms. The Morgan fingerprint density at radius 1 is 1.26 bits per heavy atom. The molecule has 3 nitrogen and oxygen atoms in total. The summed E-state index contributed by atoms with van der Waals surface area (Å²) in [6, 6.07) is 9.22. The molecule has 0 amide bonds. The number of alkyl halides is 2. The number of pyridine rings is 1. The Labute approximate surface area is 108 Å². The van der Waals surface area contributed by atoms with E-state index >= 15 is 0 Å². The molecule has 0 bridgehead atoms. The number of rotatable bonds is 4. The largest absolute Gasteiger partial charge is 0.435 e. The van der Waals surface area contributed by atoms with Gasteiger partial charge in [0.2, 0.25) is 5.78 Å². The van der Waals surface area contributed by atoms with Gasteiger partial charge in [-0.3, -0.25) is 9.78 Å². The molecule has 1 heterocycles. The van der Waals surface area contributed by atoms with Crippen molar-refractivity contribution < 1.29 is 18.3 Å². The predicted molar refractivity (Wildman–Crippen MR) is 65.5 cm³/mol. The summed E-state index contributed by atoms with van der Waals surface area (Å²) in [6.45, 7) is -1.19. The Morgan fingerprint density at radius 3 is 2.68 bits per heavy atom. The van der Waals surface area contributed by atoms with E-state index < -0.39 is 6.61 Å². The minimum atomic E-state index is -2.92. The lowest BCUT2D eigenvalue weighted by molar-refractivity contribution is -0.0498. The molecule has 5 heteroatoms. The second-order valence-corrected chi connectivity index (χ2v) is 3.90. The zero-order chi connectivity index (χ0) is 13.8. The first-order chi connectivity index (χ1) is 9.08. The average molecular weight is 263 g/mol. The van der Waals surface area contributed by atoms with Gasteiger partial charge in [0.1, 0.15) is 11.4 Å². The van der Waals surface area contributed by atoms with Gasteiger partial charge in [-0.05, 0) is 36.8 Å². The maximum atomic E-state index is 12.2. The number of aromatic nitrogens is 1. The Morgan fingerprint density at radius 2 is 2.05 bits per heavy atom. The fraction of sp³-hybridized carbons (Fsp3) is 0.143. The smallest absolute Gasteiger partial charge is 0.387 e. The van der Waals surface area contributed by atoms with Crippen LogP contribution in [0.15, 0.2) is 42.6 Å². The van der Waals surface area contributed by atoms with Crippen molar-refractivity contribution in [2.75, 3.05) is 0 Å². The third-order valence-electron chi connectivity index (χ3n) is 2.58. The number of halogens is 2. The van der Waals surface area contributed by atoms with E-state index in [1.165, 1.54) is 18.3 Å². The van der Waals surface area contributed by atoms with Crippen molar-refractivity contribution >= 4 is 5.78 Å². The lowest BCUT2D eigenvalue weighted by Crippen LogP contribution is -2.08. The Bertz CT molecular complexity index is 585. The minimum absolute atomic E-state index is 0.0418. The molecule has 1 aromatic heterocycles. The standard InChI is InChI=1S/C14H11F2NO2/c1-9-5-6-10(19-14(15)16)8-11(9)13(18)12-4-2-3-7-17-12/h2-8,14H,1H3. The summed E-state index contributed by atoms with van der Waals surface area (Å²) >= 11 is 0. The van der Waals surface area contributed by atoms with Crippen molar-refractivity contribution in [2.24, 2.45) is 0 Å². The van der Waals surface area contributed by atoms with Crippen LogP contribution in [0.4, 0.5) is 8.78 Å². The molecule has 0 atom stereocenters. The van der Waals surface area contributed by atoms with E-state index in [1.54, 1.807) is 31.2 Å². The van der Waals surface area contributed by atoms with E-state index in [0.717, 1.165) is 0 Å². The molecule has 0 saturated carbocycles. The van der Waals surface area contributed by atoms with E-state index in [-0.39, 0.29) is 17.2 Å². The Hall–Kier alpha value is -2.30. The number of nitrogens with zero attached hydrogens (tertiary/aromatic N) is 1. The van der Waals surface area contributed by atoms with Crippen LogP contribution in [0.25, 0.3) is 0 Å². The number of carbonyl (C=O) groups is 1. The summed E-state index contributed by atoms with van der Waals surface area (Å²) in [5, 5.41) is 0. The van der Waals surface area contributed by atoms with Gasteiger partial charge in [-0.25, -0.2) is 0 Å². The van der Waals surface area contributed by atoms with E-state index in [0.29, 0.717) is 11.1 Å². The first-order valence-corrected chi connectivity index (χ1v) is 5.59. The molecule has 0 radical (unpaired) electrons. The molecule has 0 fully saturated rings. The number of ketones is 1. The zero-order valence-corrected chi connectivity index (χ0v) is 10.1. The highest BCUT2D eigenvalue weighted by atomic mass is 19.3. The van der Waals surface area contributed by atoms with Gasteiger partial charge < -0.3 is 4.74 Å². The monoisotopic (exact) mass is 263 g/mol. The highest BCUT2D eigenvalue weighted by Gasteiger charge is 2.15. The highest BCUT2D eigenvalue weighted by molar-refractivity contribution is 6.08. The highest BCUT2D eigenvalue weighted by Crippen LogP contribution is 2.21. The molecular weight excluding hydrogens is 252 g/mol. The molecule has 98 valence electrons. The van der Waals surface area contributed by atoms with Crippen molar-refractivity contribution in [2.45, 2.75) is 13.5 Å². The molecule has 1 aromatic carbocycles. The van der Waals surface area contributed by atoms with Gasteiger partial charge in [0.15, 0.2) is 0 Å². The van der Waals surface area contributed by atoms with Crippen LogP contribution in [0.2, 0.25) is 0 Å². The summed E-state index contributed by atoms with van der Waals surface area (Å²) in [4.78, 5) is 16.1. The van der Waals surface area contributed by atoms with Crippen LogP contribution >= 0.6 is 0 Å². The summed E-state index contributed by atoms with van der Waals surface area (Å²) in [6.07, 6.45) is 1.50. The molecule has 0 N–H and O–H groups in total. The minimum Gasteiger partial charge on any atom is -0.435 e. The fourth-order valence-corrected chi connectivity index (χ4v) is 1.66. The van der Waals surface area contributed by atoms with Crippen LogP contribution in [0.3, 0.4) is 0 Å². The third kappa shape index (κ3) is 3.13. The van der Waals surface area contributed by atoms with Crippen LogP contribution < -0.4 is 4.74 Å². The molecule has 0 aliphatic rings. The first kappa shape index (κ1) is 13.1. The molecule has 0 unspecified atom stereocenters. The Kier molecular flexibility index (Phi) is 3.85. The van der Waals surface area contributed by atoms with Crippen molar-refractivity contribution in [3.63, 3.8) is 0 Å². The normalized spacial score (nSPS) is 10.5. The quantitative estimate of drug-likeness (QED) is 0.795. The predicted octanol–water partition coefficient (Wildman–Crippen LogP) is 3.22. The van der Waals surface area contributed by atoms with Crippen LogP contribution in [0.5, 0.6) is 5.75 Å². The van der Waals surface area contributed by atoms with Crippen LogP contribution in [0, 0.1) is 6.92 Å². The number of hydrogen-bond donors (Lipinski definition) is 0. The summed E-state index contributed by atoms with van der Waals surface area (Å²) in [5.74, 6) is -0.363.